The van der Waals surface area contributed by atoms with Crippen LogP contribution in [0.2, 0.25) is 0 Å². The molecule has 0 saturated carbocycles. The van der Waals surface area contributed by atoms with Crippen molar-refractivity contribution in [2.75, 3.05) is 5.33 Å². The molecule has 20 heavy (non-hydrogen) atoms. The molecule has 0 unspecified atom stereocenters. The van der Waals surface area contributed by atoms with Gasteiger partial charge in [0.15, 0.2) is 5.03 Å². The Balaban J connectivity index is 3.07. The number of aryl methyl sites for hydroxylation is 2. The Morgan fingerprint density at radius 3 is 2.40 bits per heavy atom. The molecule has 0 spiro atoms. The topological polar surface area (TPSA) is 64.0 Å². The first-order chi connectivity index (χ1) is 9.34. The SMILES string of the molecule is CCCn1cc(S(=O)(=O)NC(CC)(CC)CBr)nc1C. The fourth-order valence-electron chi connectivity index (χ4n) is 2.02. The zero-order valence-electron chi connectivity index (χ0n) is 12.6. The van der Waals surface area contributed by atoms with Crippen LogP contribution in [0.25, 0.3) is 0 Å². The Kier molecular flexibility index (Phi) is 6.22. The van der Waals surface area contributed by atoms with E-state index in [2.05, 4.69) is 32.6 Å². The second-order valence-electron chi connectivity index (χ2n) is 5.05. The monoisotopic (exact) mass is 365 g/mol. The van der Waals surface area contributed by atoms with E-state index in [0.717, 1.165) is 31.6 Å². The van der Waals surface area contributed by atoms with Gasteiger partial charge in [0.25, 0.3) is 10.0 Å². The highest BCUT2D eigenvalue weighted by Gasteiger charge is 2.32. The van der Waals surface area contributed by atoms with E-state index in [0.29, 0.717) is 5.33 Å². The zero-order valence-corrected chi connectivity index (χ0v) is 15.0. The van der Waals surface area contributed by atoms with Crippen LogP contribution in [-0.2, 0) is 16.6 Å². The van der Waals surface area contributed by atoms with Gasteiger partial charge in [0.2, 0.25) is 0 Å². The number of nitrogens with zero attached hydrogens (tertiary/aromatic N) is 2. The van der Waals surface area contributed by atoms with Gasteiger partial charge in [-0.2, -0.15) is 0 Å². The summed E-state index contributed by atoms with van der Waals surface area (Å²) in [5.41, 5.74) is -0.457. The van der Waals surface area contributed by atoms with E-state index in [1.807, 2.05) is 25.3 Å². The van der Waals surface area contributed by atoms with Crippen molar-refractivity contribution in [2.24, 2.45) is 0 Å². The summed E-state index contributed by atoms with van der Waals surface area (Å²) >= 11 is 3.41. The molecule has 1 rings (SSSR count). The number of hydrogen-bond donors (Lipinski definition) is 1. The summed E-state index contributed by atoms with van der Waals surface area (Å²) in [5, 5.41) is 0.691. The van der Waals surface area contributed by atoms with Crippen LogP contribution in [-0.4, -0.2) is 28.8 Å². The highest BCUT2D eigenvalue weighted by molar-refractivity contribution is 9.09. The molecule has 0 amide bonds. The van der Waals surface area contributed by atoms with E-state index in [9.17, 15) is 8.42 Å². The van der Waals surface area contributed by atoms with Gasteiger partial charge in [0.05, 0.1) is 0 Å². The van der Waals surface area contributed by atoms with Gasteiger partial charge < -0.3 is 4.57 Å². The fraction of sp³-hybridized carbons (Fsp3) is 0.769. The Labute approximate surface area is 130 Å². The molecular weight excluding hydrogens is 342 g/mol. The minimum atomic E-state index is -3.59. The normalized spacial score (nSPS) is 12.8. The van der Waals surface area contributed by atoms with Crippen LogP contribution in [0, 0.1) is 6.92 Å². The quantitative estimate of drug-likeness (QED) is 0.720. The lowest BCUT2D eigenvalue weighted by molar-refractivity contribution is 0.398. The number of sulfonamides is 1. The molecule has 0 aromatic carbocycles. The molecular formula is C13H24BrN3O2S. The van der Waals surface area contributed by atoms with Crippen molar-refractivity contribution in [3.05, 3.63) is 12.0 Å². The smallest absolute Gasteiger partial charge is 0.260 e. The third-order valence-electron chi connectivity index (χ3n) is 3.65. The third kappa shape index (κ3) is 3.83. The van der Waals surface area contributed by atoms with Gasteiger partial charge in [-0.1, -0.05) is 36.7 Å². The Hall–Kier alpha value is -0.400. The number of imidazole rings is 1. The zero-order chi connectivity index (χ0) is 15.4. The maximum atomic E-state index is 12.5. The van der Waals surface area contributed by atoms with Crippen molar-refractivity contribution in [1.82, 2.24) is 14.3 Å². The first-order valence-electron chi connectivity index (χ1n) is 6.97. The van der Waals surface area contributed by atoms with Crippen LogP contribution in [0.3, 0.4) is 0 Å². The minimum Gasteiger partial charge on any atom is -0.334 e. The molecule has 0 saturated heterocycles. The summed E-state index contributed by atoms with van der Waals surface area (Å²) in [6, 6.07) is 0. The second-order valence-corrected chi connectivity index (χ2v) is 7.24. The lowest BCUT2D eigenvalue weighted by Gasteiger charge is -2.29. The molecule has 1 aromatic rings. The average Bonchev–Trinajstić information content (AvgIpc) is 2.79. The van der Waals surface area contributed by atoms with Gasteiger partial charge in [-0.05, 0) is 26.2 Å². The predicted molar refractivity (Wildman–Crippen MR) is 84.7 cm³/mol. The average molecular weight is 366 g/mol. The van der Waals surface area contributed by atoms with E-state index in [4.69, 9.17) is 0 Å². The van der Waals surface area contributed by atoms with Crippen LogP contribution >= 0.6 is 15.9 Å². The molecule has 116 valence electrons. The largest absolute Gasteiger partial charge is 0.334 e. The van der Waals surface area contributed by atoms with Gasteiger partial charge >= 0.3 is 0 Å². The molecule has 0 radical (unpaired) electrons. The van der Waals surface area contributed by atoms with Gasteiger partial charge in [-0.25, -0.2) is 18.1 Å². The number of nitrogens with one attached hydrogen (secondary N) is 1. The van der Waals surface area contributed by atoms with E-state index >= 15 is 0 Å². The molecule has 7 heteroatoms. The number of rotatable bonds is 8. The van der Waals surface area contributed by atoms with E-state index in [1.165, 1.54) is 0 Å². The second kappa shape index (κ2) is 7.04. The number of halogens is 1. The van der Waals surface area contributed by atoms with Crippen molar-refractivity contribution in [1.29, 1.82) is 0 Å². The Morgan fingerprint density at radius 2 is 1.95 bits per heavy atom. The van der Waals surface area contributed by atoms with Crippen molar-refractivity contribution >= 4 is 26.0 Å². The third-order valence-corrected chi connectivity index (χ3v) is 6.18. The molecule has 0 aliphatic carbocycles. The maximum absolute atomic E-state index is 12.5. The summed E-state index contributed by atoms with van der Waals surface area (Å²) in [7, 11) is -3.59. The van der Waals surface area contributed by atoms with Crippen LogP contribution in [0.1, 0.15) is 45.9 Å². The molecule has 5 nitrogen and oxygen atoms in total. The molecule has 1 aromatic heterocycles. The van der Waals surface area contributed by atoms with E-state index in [-0.39, 0.29) is 5.03 Å². The van der Waals surface area contributed by atoms with Crippen LogP contribution in [0.4, 0.5) is 0 Å². The standard InChI is InChI=1S/C13H24BrN3O2S/c1-5-8-17-9-12(15-11(17)4)20(18,19)16-13(6-2,7-3)10-14/h9,16H,5-8,10H2,1-4H3. The van der Waals surface area contributed by atoms with Crippen molar-refractivity contribution in [3.63, 3.8) is 0 Å². The first kappa shape index (κ1) is 17.7. The van der Waals surface area contributed by atoms with Crippen molar-refractivity contribution < 1.29 is 8.42 Å². The van der Waals surface area contributed by atoms with Crippen LogP contribution < -0.4 is 4.72 Å². The lowest BCUT2D eigenvalue weighted by Crippen LogP contribution is -2.49. The minimum absolute atomic E-state index is 0.107. The molecule has 0 aliphatic rings. The lowest BCUT2D eigenvalue weighted by atomic mass is 9.97. The van der Waals surface area contributed by atoms with Gasteiger partial charge in [-0.3, -0.25) is 0 Å². The fourth-order valence-corrected chi connectivity index (χ4v) is 4.70. The molecule has 1 heterocycles. The number of hydrogen-bond acceptors (Lipinski definition) is 3. The number of alkyl halides is 1. The van der Waals surface area contributed by atoms with Crippen LogP contribution in [0.5, 0.6) is 0 Å². The Bertz CT molecular complexity index is 528. The maximum Gasteiger partial charge on any atom is 0.260 e. The highest BCUT2D eigenvalue weighted by Crippen LogP contribution is 2.21. The van der Waals surface area contributed by atoms with Crippen LogP contribution in [0.15, 0.2) is 11.2 Å². The highest BCUT2D eigenvalue weighted by atomic mass is 79.9. The summed E-state index contributed by atoms with van der Waals surface area (Å²) in [5.74, 6) is 0.727. The molecule has 0 atom stereocenters. The first-order valence-corrected chi connectivity index (χ1v) is 9.58. The summed E-state index contributed by atoms with van der Waals surface area (Å²) in [6.07, 6.45) is 4.01. The molecule has 0 bridgehead atoms. The summed E-state index contributed by atoms with van der Waals surface area (Å²) < 4.78 is 29.7. The van der Waals surface area contributed by atoms with Crippen molar-refractivity contribution in [3.8, 4) is 0 Å². The summed E-state index contributed by atoms with van der Waals surface area (Å²) in [4.78, 5) is 4.19. The molecule has 1 N–H and O–H groups in total. The predicted octanol–water partition coefficient (Wildman–Crippen LogP) is 2.83. The van der Waals surface area contributed by atoms with Gasteiger partial charge in [0, 0.05) is 23.6 Å². The van der Waals surface area contributed by atoms with E-state index in [1.54, 1.807) is 6.20 Å². The Morgan fingerprint density at radius 1 is 1.35 bits per heavy atom. The molecule has 0 fully saturated rings. The van der Waals surface area contributed by atoms with E-state index < -0.39 is 15.6 Å². The van der Waals surface area contributed by atoms with Gasteiger partial charge in [0.1, 0.15) is 5.82 Å². The summed E-state index contributed by atoms with van der Waals surface area (Å²) in [6.45, 7) is 8.61. The number of aromatic nitrogens is 2. The van der Waals surface area contributed by atoms with Gasteiger partial charge in [-0.15, -0.1) is 0 Å². The van der Waals surface area contributed by atoms with Crippen molar-refractivity contribution in [2.45, 2.75) is 64.1 Å². The molecule has 0 aliphatic heterocycles.